The van der Waals surface area contributed by atoms with Crippen LogP contribution in [-0.4, -0.2) is 31.5 Å². The molecule has 2 aromatic carbocycles. The third-order valence-electron chi connectivity index (χ3n) is 3.61. The summed E-state index contributed by atoms with van der Waals surface area (Å²) in [5.74, 6) is 1.31. The molecule has 5 nitrogen and oxygen atoms in total. The van der Waals surface area contributed by atoms with Crippen molar-refractivity contribution in [1.29, 1.82) is 0 Å². The van der Waals surface area contributed by atoms with Gasteiger partial charge in [0.15, 0.2) is 12.0 Å². The van der Waals surface area contributed by atoms with Gasteiger partial charge in [-0.1, -0.05) is 42.5 Å². The molecule has 0 spiro atoms. The van der Waals surface area contributed by atoms with Gasteiger partial charge in [0.25, 0.3) is 6.01 Å². The first-order valence-corrected chi connectivity index (χ1v) is 7.67. The van der Waals surface area contributed by atoms with Crippen LogP contribution in [0.1, 0.15) is 10.4 Å². The minimum absolute atomic E-state index is 0.421. The van der Waals surface area contributed by atoms with Crippen molar-refractivity contribution >= 4 is 12.3 Å². The number of nitrogens with zero attached hydrogens (tertiary/aromatic N) is 2. The number of likely N-dealkylation sites (N-methyl/N-ethyl adjacent to an activating group) is 1. The summed E-state index contributed by atoms with van der Waals surface area (Å²) in [7, 11) is 1.88. The molecule has 0 amide bonds. The van der Waals surface area contributed by atoms with Gasteiger partial charge in [-0.2, -0.15) is 0 Å². The van der Waals surface area contributed by atoms with E-state index >= 15 is 0 Å². The van der Waals surface area contributed by atoms with Crippen molar-refractivity contribution < 1.29 is 13.9 Å². The van der Waals surface area contributed by atoms with Crippen molar-refractivity contribution in [3.8, 4) is 17.1 Å². The molecule has 0 saturated heterocycles. The average Bonchev–Trinajstić information content (AvgIpc) is 3.13. The molecule has 0 aliphatic rings. The molecular formula is C19H18N2O3. The Labute approximate surface area is 140 Å². The molecule has 1 aromatic heterocycles. The van der Waals surface area contributed by atoms with Gasteiger partial charge in [0, 0.05) is 12.6 Å². The van der Waals surface area contributed by atoms with Gasteiger partial charge in [-0.3, -0.25) is 4.79 Å². The van der Waals surface area contributed by atoms with Crippen LogP contribution in [0.2, 0.25) is 0 Å². The lowest BCUT2D eigenvalue weighted by Crippen LogP contribution is -2.24. The fraction of sp³-hybridized carbons (Fsp3) is 0.158. The largest absolute Gasteiger partial charge is 0.491 e. The molecule has 0 fully saturated rings. The molecule has 0 unspecified atom stereocenters. The van der Waals surface area contributed by atoms with Gasteiger partial charge >= 0.3 is 0 Å². The van der Waals surface area contributed by atoms with Crippen LogP contribution in [-0.2, 0) is 0 Å². The SMILES string of the molecule is CN(CCOc1ccccc1C=O)c1ncc(-c2ccccc2)o1. The Balaban J connectivity index is 1.59. The van der Waals surface area contributed by atoms with E-state index in [2.05, 4.69) is 4.98 Å². The van der Waals surface area contributed by atoms with Gasteiger partial charge in [0.2, 0.25) is 0 Å². The van der Waals surface area contributed by atoms with Crippen LogP contribution in [0.5, 0.6) is 5.75 Å². The highest BCUT2D eigenvalue weighted by atomic mass is 16.5. The monoisotopic (exact) mass is 322 g/mol. The van der Waals surface area contributed by atoms with E-state index in [1.807, 2.05) is 48.3 Å². The maximum atomic E-state index is 11.0. The number of hydrogen-bond acceptors (Lipinski definition) is 5. The lowest BCUT2D eigenvalue weighted by molar-refractivity contribution is 0.111. The number of rotatable bonds is 7. The zero-order chi connectivity index (χ0) is 16.8. The van der Waals surface area contributed by atoms with Crippen LogP contribution in [0, 0.1) is 0 Å². The summed E-state index contributed by atoms with van der Waals surface area (Å²) in [4.78, 5) is 17.1. The Hall–Kier alpha value is -3.08. The maximum absolute atomic E-state index is 11.0. The van der Waals surface area contributed by atoms with Crippen molar-refractivity contribution in [2.45, 2.75) is 0 Å². The zero-order valence-corrected chi connectivity index (χ0v) is 13.4. The van der Waals surface area contributed by atoms with E-state index in [9.17, 15) is 4.79 Å². The van der Waals surface area contributed by atoms with E-state index in [1.54, 1.807) is 24.4 Å². The van der Waals surface area contributed by atoms with Gasteiger partial charge in [-0.05, 0) is 12.1 Å². The lowest BCUT2D eigenvalue weighted by atomic mass is 10.2. The summed E-state index contributed by atoms with van der Waals surface area (Å²) >= 11 is 0. The molecule has 3 rings (SSSR count). The smallest absolute Gasteiger partial charge is 0.297 e. The highest BCUT2D eigenvalue weighted by Gasteiger charge is 2.10. The second-order valence-electron chi connectivity index (χ2n) is 5.30. The Morgan fingerprint density at radius 3 is 2.67 bits per heavy atom. The Morgan fingerprint density at radius 1 is 1.12 bits per heavy atom. The van der Waals surface area contributed by atoms with Crippen LogP contribution in [0.3, 0.4) is 0 Å². The minimum Gasteiger partial charge on any atom is -0.491 e. The van der Waals surface area contributed by atoms with Gasteiger partial charge in [-0.15, -0.1) is 0 Å². The molecule has 0 saturated carbocycles. The summed E-state index contributed by atoms with van der Waals surface area (Å²) < 4.78 is 11.5. The fourth-order valence-corrected chi connectivity index (χ4v) is 2.27. The predicted octanol–water partition coefficient (Wildman–Crippen LogP) is 3.67. The summed E-state index contributed by atoms with van der Waals surface area (Å²) in [6.07, 6.45) is 2.50. The third-order valence-corrected chi connectivity index (χ3v) is 3.61. The van der Waals surface area contributed by atoms with E-state index in [1.165, 1.54) is 0 Å². The molecule has 122 valence electrons. The van der Waals surface area contributed by atoms with Crippen LogP contribution < -0.4 is 9.64 Å². The average molecular weight is 322 g/mol. The van der Waals surface area contributed by atoms with Gasteiger partial charge in [-0.25, -0.2) is 4.98 Å². The number of oxazole rings is 1. The number of carbonyl (C=O) groups excluding carboxylic acids is 1. The summed E-state index contributed by atoms with van der Waals surface area (Å²) in [6, 6.07) is 17.5. The number of anilines is 1. The van der Waals surface area contributed by atoms with E-state index < -0.39 is 0 Å². The Kier molecular flexibility index (Phi) is 4.91. The maximum Gasteiger partial charge on any atom is 0.297 e. The Morgan fingerprint density at radius 2 is 1.88 bits per heavy atom. The highest BCUT2D eigenvalue weighted by molar-refractivity contribution is 5.79. The first kappa shape index (κ1) is 15.8. The molecule has 5 heteroatoms. The molecular weight excluding hydrogens is 304 g/mol. The number of benzene rings is 2. The molecule has 3 aromatic rings. The molecule has 0 N–H and O–H groups in total. The summed E-state index contributed by atoms with van der Waals surface area (Å²) in [5.41, 5.74) is 1.53. The molecule has 0 aliphatic heterocycles. The second-order valence-corrected chi connectivity index (χ2v) is 5.30. The van der Waals surface area contributed by atoms with Crippen molar-refractivity contribution in [3.05, 3.63) is 66.4 Å². The van der Waals surface area contributed by atoms with Crippen molar-refractivity contribution in [2.24, 2.45) is 0 Å². The topological polar surface area (TPSA) is 55.6 Å². The number of aldehydes is 1. The zero-order valence-electron chi connectivity index (χ0n) is 13.4. The second kappa shape index (κ2) is 7.46. The Bertz CT molecular complexity index is 799. The first-order chi connectivity index (χ1) is 11.8. The number of aromatic nitrogens is 1. The third kappa shape index (κ3) is 3.63. The quantitative estimate of drug-likeness (QED) is 0.621. The normalized spacial score (nSPS) is 10.4. The first-order valence-electron chi connectivity index (χ1n) is 7.67. The van der Waals surface area contributed by atoms with Crippen molar-refractivity contribution in [2.75, 3.05) is 25.1 Å². The van der Waals surface area contributed by atoms with E-state index in [-0.39, 0.29) is 0 Å². The van der Waals surface area contributed by atoms with Crippen LogP contribution >= 0.6 is 0 Å². The number of ether oxygens (including phenoxy) is 1. The van der Waals surface area contributed by atoms with Crippen LogP contribution in [0.25, 0.3) is 11.3 Å². The van der Waals surface area contributed by atoms with E-state index in [0.717, 1.165) is 17.6 Å². The van der Waals surface area contributed by atoms with E-state index in [0.29, 0.717) is 30.5 Å². The molecule has 0 radical (unpaired) electrons. The summed E-state index contributed by atoms with van der Waals surface area (Å²) in [6.45, 7) is 1.01. The molecule has 0 aliphatic carbocycles. The molecule has 0 bridgehead atoms. The molecule has 24 heavy (non-hydrogen) atoms. The minimum atomic E-state index is 0.421. The van der Waals surface area contributed by atoms with Crippen LogP contribution in [0.15, 0.2) is 65.2 Å². The van der Waals surface area contributed by atoms with Gasteiger partial charge in [0.05, 0.1) is 18.3 Å². The van der Waals surface area contributed by atoms with E-state index in [4.69, 9.17) is 9.15 Å². The highest BCUT2D eigenvalue weighted by Crippen LogP contribution is 2.23. The van der Waals surface area contributed by atoms with Gasteiger partial charge < -0.3 is 14.1 Å². The van der Waals surface area contributed by atoms with Crippen molar-refractivity contribution in [3.63, 3.8) is 0 Å². The number of carbonyl (C=O) groups is 1. The number of hydrogen-bond donors (Lipinski definition) is 0. The number of para-hydroxylation sites is 1. The molecule has 1 heterocycles. The molecule has 0 atom stereocenters. The summed E-state index contributed by atoms with van der Waals surface area (Å²) in [5, 5.41) is 0. The standard InChI is InChI=1S/C19H18N2O3/c1-21(11-12-23-17-10-6-5-9-16(17)14-22)19-20-13-18(24-19)15-7-3-2-4-8-15/h2-10,13-14H,11-12H2,1H3. The van der Waals surface area contributed by atoms with Gasteiger partial charge in [0.1, 0.15) is 12.4 Å². The predicted molar refractivity (Wildman–Crippen MR) is 92.5 cm³/mol. The lowest BCUT2D eigenvalue weighted by Gasteiger charge is -2.15. The van der Waals surface area contributed by atoms with Crippen LogP contribution in [0.4, 0.5) is 6.01 Å². The van der Waals surface area contributed by atoms with Crippen molar-refractivity contribution in [1.82, 2.24) is 4.98 Å². The fourth-order valence-electron chi connectivity index (χ4n) is 2.27.